The fourth-order valence-corrected chi connectivity index (χ4v) is 4.57. The van der Waals surface area contributed by atoms with Crippen LogP contribution in [0.5, 0.6) is 11.5 Å². The van der Waals surface area contributed by atoms with Gasteiger partial charge in [-0.3, -0.25) is 24.6 Å². The van der Waals surface area contributed by atoms with Gasteiger partial charge in [0.25, 0.3) is 5.69 Å². The van der Waals surface area contributed by atoms with Gasteiger partial charge in [-0.15, -0.1) is 0 Å². The number of rotatable bonds is 5. The second-order valence-electron chi connectivity index (χ2n) is 8.13. The Morgan fingerprint density at radius 2 is 1.75 bits per heavy atom. The first-order valence-electron chi connectivity index (χ1n) is 10.4. The number of benzene rings is 2. The molecule has 2 heterocycles. The van der Waals surface area contributed by atoms with Crippen molar-refractivity contribution in [3.63, 3.8) is 0 Å². The highest BCUT2D eigenvalue weighted by Crippen LogP contribution is 2.43. The predicted molar refractivity (Wildman–Crippen MR) is 118 cm³/mol. The highest BCUT2D eigenvalue weighted by molar-refractivity contribution is 6.21. The molecule has 168 valence electrons. The summed E-state index contributed by atoms with van der Waals surface area (Å²) in [5, 5.41) is 11.9. The van der Waals surface area contributed by atoms with Gasteiger partial charge >= 0.3 is 0 Å². The van der Waals surface area contributed by atoms with Crippen LogP contribution in [-0.2, 0) is 16.0 Å². The molecule has 0 bridgehead atoms. The monoisotopic (exact) mass is 439 g/mol. The number of nitro benzene ring substituents is 1. The summed E-state index contributed by atoms with van der Waals surface area (Å²) in [5.74, 6) is 0.150. The number of methoxy groups -OCH3 is 2. The third-order valence-corrected chi connectivity index (χ3v) is 6.28. The number of ether oxygens (including phenoxy) is 2. The Morgan fingerprint density at radius 1 is 1.06 bits per heavy atom. The first kappa shape index (κ1) is 21.6. The van der Waals surface area contributed by atoms with E-state index in [2.05, 4.69) is 0 Å². The zero-order valence-electron chi connectivity index (χ0n) is 18.5. The Hall–Kier alpha value is -3.62. The summed E-state index contributed by atoms with van der Waals surface area (Å²) in [6, 6.07) is 8.25. The van der Waals surface area contributed by atoms with E-state index in [-0.39, 0.29) is 35.7 Å². The first-order chi connectivity index (χ1) is 15.3. The second-order valence-corrected chi connectivity index (χ2v) is 8.13. The van der Waals surface area contributed by atoms with Gasteiger partial charge in [0.2, 0.25) is 11.8 Å². The number of fused-ring (bicyclic) bond motifs is 1. The average molecular weight is 439 g/mol. The molecule has 2 aromatic rings. The zero-order valence-corrected chi connectivity index (χ0v) is 18.5. The van der Waals surface area contributed by atoms with Crippen LogP contribution in [0.15, 0.2) is 30.3 Å². The van der Waals surface area contributed by atoms with E-state index in [1.807, 2.05) is 24.0 Å². The number of carbonyl (C=O) groups excluding carboxylic acids is 2. The van der Waals surface area contributed by atoms with E-state index in [0.717, 1.165) is 16.0 Å². The molecular formula is C23H25N3O6. The molecule has 32 heavy (non-hydrogen) atoms. The Balaban J connectivity index is 1.73. The standard InChI is InChI=1S/C23H25N3O6/c1-13-9-22(27)25(23(13)28)16-5-6-18(19(11-16)26(29)30)24-8-7-15-10-20(31-3)21(32-4)12-17(15)14(24)2/h5-6,10-14H,7-9H2,1-4H3/t13-,14+/m0/s1. The highest BCUT2D eigenvalue weighted by atomic mass is 16.6. The van der Waals surface area contributed by atoms with E-state index < -0.39 is 10.8 Å². The van der Waals surface area contributed by atoms with Gasteiger partial charge in [0, 0.05) is 24.9 Å². The van der Waals surface area contributed by atoms with Crippen molar-refractivity contribution in [2.75, 3.05) is 30.6 Å². The van der Waals surface area contributed by atoms with E-state index in [0.29, 0.717) is 30.2 Å². The molecule has 0 aromatic heterocycles. The minimum atomic E-state index is -0.468. The lowest BCUT2D eigenvalue weighted by atomic mass is 9.92. The molecule has 1 saturated heterocycles. The van der Waals surface area contributed by atoms with Crippen LogP contribution >= 0.6 is 0 Å². The van der Waals surface area contributed by atoms with Gasteiger partial charge in [-0.1, -0.05) is 6.92 Å². The van der Waals surface area contributed by atoms with Gasteiger partial charge in [0.05, 0.1) is 30.9 Å². The molecule has 0 unspecified atom stereocenters. The van der Waals surface area contributed by atoms with E-state index in [1.54, 1.807) is 33.3 Å². The normalized spacial score (nSPS) is 20.4. The van der Waals surface area contributed by atoms with Crippen LogP contribution in [-0.4, -0.2) is 37.5 Å². The number of anilines is 2. The number of amides is 2. The molecule has 0 spiro atoms. The summed E-state index contributed by atoms with van der Waals surface area (Å²) in [6.45, 7) is 4.23. The lowest BCUT2D eigenvalue weighted by Crippen LogP contribution is -2.34. The summed E-state index contributed by atoms with van der Waals surface area (Å²) in [6.07, 6.45) is 0.791. The van der Waals surface area contributed by atoms with Crippen molar-refractivity contribution >= 4 is 28.9 Å². The van der Waals surface area contributed by atoms with Crippen molar-refractivity contribution in [2.24, 2.45) is 5.92 Å². The molecule has 9 heteroatoms. The average Bonchev–Trinajstić information content (AvgIpc) is 3.04. The van der Waals surface area contributed by atoms with E-state index in [9.17, 15) is 19.7 Å². The topological polar surface area (TPSA) is 102 Å². The van der Waals surface area contributed by atoms with Crippen molar-refractivity contribution in [1.82, 2.24) is 0 Å². The molecule has 0 N–H and O–H groups in total. The smallest absolute Gasteiger partial charge is 0.294 e. The van der Waals surface area contributed by atoms with Gasteiger partial charge < -0.3 is 14.4 Å². The molecule has 2 aromatic carbocycles. The SMILES string of the molecule is COc1cc2c(cc1OC)[C@@H](C)N(c1ccc(N3C(=O)C[C@H](C)C3=O)cc1[N+](=O)[O-])CC2. The number of hydrogen-bond donors (Lipinski definition) is 0. The Morgan fingerprint density at radius 3 is 2.34 bits per heavy atom. The van der Waals surface area contributed by atoms with Crippen molar-refractivity contribution in [2.45, 2.75) is 32.7 Å². The lowest BCUT2D eigenvalue weighted by Gasteiger charge is -2.37. The van der Waals surface area contributed by atoms with Crippen molar-refractivity contribution < 1.29 is 24.0 Å². The van der Waals surface area contributed by atoms with Crippen molar-refractivity contribution in [3.8, 4) is 11.5 Å². The number of imide groups is 1. The van der Waals surface area contributed by atoms with Crippen LogP contribution < -0.4 is 19.3 Å². The lowest BCUT2D eigenvalue weighted by molar-refractivity contribution is -0.384. The van der Waals surface area contributed by atoms with Gasteiger partial charge in [0.15, 0.2) is 11.5 Å². The largest absolute Gasteiger partial charge is 0.493 e. The maximum absolute atomic E-state index is 12.4. The van der Waals surface area contributed by atoms with Crippen LogP contribution in [0.2, 0.25) is 0 Å². The second kappa shape index (κ2) is 8.14. The minimum Gasteiger partial charge on any atom is -0.493 e. The summed E-state index contributed by atoms with van der Waals surface area (Å²) in [7, 11) is 3.16. The molecule has 0 radical (unpaired) electrons. The molecule has 4 rings (SSSR count). The predicted octanol–water partition coefficient (Wildman–Crippen LogP) is 3.64. The first-order valence-corrected chi connectivity index (χ1v) is 10.4. The quantitative estimate of drug-likeness (QED) is 0.398. The summed E-state index contributed by atoms with van der Waals surface area (Å²) in [5.41, 5.74) is 2.65. The zero-order chi connectivity index (χ0) is 23.2. The molecule has 2 amide bonds. The molecule has 1 fully saturated rings. The number of nitro groups is 1. The highest BCUT2D eigenvalue weighted by Gasteiger charge is 2.38. The van der Waals surface area contributed by atoms with E-state index >= 15 is 0 Å². The van der Waals surface area contributed by atoms with Crippen LogP contribution in [0.25, 0.3) is 0 Å². The van der Waals surface area contributed by atoms with Crippen LogP contribution in [0.3, 0.4) is 0 Å². The summed E-state index contributed by atoms with van der Waals surface area (Å²) in [4.78, 5) is 39.2. The van der Waals surface area contributed by atoms with Gasteiger partial charge in [-0.05, 0) is 48.7 Å². The van der Waals surface area contributed by atoms with Crippen LogP contribution in [0.4, 0.5) is 17.1 Å². The van der Waals surface area contributed by atoms with Gasteiger partial charge in [-0.2, -0.15) is 0 Å². The summed E-state index contributed by atoms with van der Waals surface area (Å²) >= 11 is 0. The van der Waals surface area contributed by atoms with Crippen LogP contribution in [0.1, 0.15) is 37.4 Å². The Labute approximate surface area is 185 Å². The maximum Gasteiger partial charge on any atom is 0.294 e. The molecule has 0 saturated carbocycles. The van der Waals surface area contributed by atoms with Gasteiger partial charge in [0.1, 0.15) is 5.69 Å². The third-order valence-electron chi connectivity index (χ3n) is 6.28. The molecule has 2 aliphatic heterocycles. The third kappa shape index (κ3) is 3.43. The maximum atomic E-state index is 12.4. The summed E-state index contributed by atoms with van der Waals surface area (Å²) < 4.78 is 10.8. The number of nitrogens with zero attached hydrogens (tertiary/aromatic N) is 3. The van der Waals surface area contributed by atoms with Crippen LogP contribution in [0, 0.1) is 16.0 Å². The molecular weight excluding hydrogens is 414 g/mol. The minimum absolute atomic E-state index is 0.111. The van der Waals surface area contributed by atoms with E-state index in [1.165, 1.54) is 6.07 Å². The van der Waals surface area contributed by atoms with Crippen molar-refractivity contribution in [1.29, 1.82) is 0 Å². The molecule has 2 atom stereocenters. The molecule has 9 nitrogen and oxygen atoms in total. The Bertz CT molecular complexity index is 1120. The molecule has 0 aliphatic carbocycles. The number of carbonyl (C=O) groups is 2. The van der Waals surface area contributed by atoms with Crippen molar-refractivity contribution in [3.05, 3.63) is 51.6 Å². The van der Waals surface area contributed by atoms with E-state index in [4.69, 9.17) is 9.47 Å². The fraction of sp³-hybridized carbons (Fsp3) is 0.391. The van der Waals surface area contributed by atoms with Gasteiger partial charge in [-0.25, -0.2) is 0 Å². The molecule has 2 aliphatic rings. The number of hydrogen-bond acceptors (Lipinski definition) is 7. The Kier molecular flexibility index (Phi) is 5.50. The fourth-order valence-electron chi connectivity index (χ4n) is 4.57.